The second-order valence-electron chi connectivity index (χ2n) is 13.9. The molecule has 1 aliphatic carbocycles. The van der Waals surface area contributed by atoms with Gasteiger partial charge in [0.15, 0.2) is 17.5 Å². The number of nitriles is 1. The van der Waals surface area contributed by atoms with E-state index in [0.29, 0.717) is 23.0 Å². The van der Waals surface area contributed by atoms with Gasteiger partial charge in [-0.05, 0) is 56.0 Å². The maximum atomic E-state index is 10.4. The molecular weight excluding hydrogens is 669 g/mol. The van der Waals surface area contributed by atoms with Gasteiger partial charge in [-0.3, -0.25) is 0 Å². The molecule has 0 fully saturated rings. The summed E-state index contributed by atoms with van der Waals surface area (Å²) in [5.41, 5.74) is 12.1. The van der Waals surface area contributed by atoms with Crippen LogP contribution in [0.2, 0.25) is 0 Å². The van der Waals surface area contributed by atoms with Gasteiger partial charge in [0, 0.05) is 22.1 Å². The number of benzene rings is 8. The number of fused-ring (bicyclic) bond motifs is 5. The Hall–Kier alpha value is -7.48. The van der Waals surface area contributed by atoms with Crippen molar-refractivity contribution in [3.05, 3.63) is 222 Å². The van der Waals surface area contributed by atoms with Crippen LogP contribution in [0.1, 0.15) is 27.8 Å². The van der Waals surface area contributed by atoms with Gasteiger partial charge in [0.05, 0.1) is 17.0 Å². The average molecular weight is 701 g/mol. The Kier molecular flexibility index (Phi) is 7.71. The fraction of sp³-hybridized carbons (Fsp3) is 0.0196. The first-order chi connectivity index (χ1) is 27.2. The van der Waals surface area contributed by atoms with Crippen molar-refractivity contribution in [2.24, 2.45) is 0 Å². The summed E-state index contributed by atoms with van der Waals surface area (Å²) in [7, 11) is 0. The number of hydrogen-bond donors (Lipinski definition) is 0. The van der Waals surface area contributed by atoms with Crippen LogP contribution in [0, 0.1) is 11.3 Å². The fourth-order valence-corrected chi connectivity index (χ4v) is 8.37. The molecule has 0 radical (unpaired) electrons. The lowest BCUT2D eigenvalue weighted by atomic mass is 9.67. The molecule has 1 unspecified atom stereocenters. The molecule has 0 N–H and O–H groups in total. The van der Waals surface area contributed by atoms with Crippen LogP contribution < -0.4 is 0 Å². The molecule has 0 saturated heterocycles. The van der Waals surface area contributed by atoms with E-state index < -0.39 is 5.41 Å². The molecule has 0 bridgehead atoms. The average Bonchev–Trinajstić information content (AvgIpc) is 3.58. The van der Waals surface area contributed by atoms with Crippen molar-refractivity contribution in [3.63, 3.8) is 0 Å². The summed E-state index contributed by atoms with van der Waals surface area (Å²) in [6.45, 7) is 0. The van der Waals surface area contributed by atoms with Crippen LogP contribution in [-0.2, 0) is 5.41 Å². The molecular formula is C51H32N4. The molecule has 256 valence electrons. The van der Waals surface area contributed by atoms with Crippen LogP contribution in [0.3, 0.4) is 0 Å². The van der Waals surface area contributed by atoms with E-state index in [1.54, 1.807) is 0 Å². The van der Waals surface area contributed by atoms with Crippen LogP contribution in [0.15, 0.2) is 194 Å². The highest BCUT2D eigenvalue weighted by molar-refractivity contribution is 6.06. The van der Waals surface area contributed by atoms with Crippen molar-refractivity contribution in [3.8, 4) is 62.5 Å². The maximum absolute atomic E-state index is 10.4. The molecule has 8 aromatic carbocycles. The Balaban J connectivity index is 1.08. The zero-order valence-electron chi connectivity index (χ0n) is 29.8. The fourth-order valence-electron chi connectivity index (χ4n) is 8.37. The summed E-state index contributed by atoms with van der Waals surface area (Å²) in [6.07, 6.45) is 0. The Labute approximate surface area is 319 Å². The molecule has 0 spiro atoms. The molecule has 0 saturated carbocycles. The highest BCUT2D eigenvalue weighted by Crippen LogP contribution is 2.58. The normalized spacial score (nSPS) is 14.2. The molecule has 1 aromatic heterocycles. The molecule has 1 heterocycles. The smallest absolute Gasteiger partial charge is 0.164 e. The lowest BCUT2D eigenvalue weighted by Gasteiger charge is -2.34. The zero-order valence-corrected chi connectivity index (χ0v) is 29.8. The summed E-state index contributed by atoms with van der Waals surface area (Å²) in [6, 6.07) is 69.9. The number of rotatable bonds is 6. The summed E-state index contributed by atoms with van der Waals surface area (Å²) in [5.74, 6) is 1.91. The monoisotopic (exact) mass is 700 g/mol. The van der Waals surface area contributed by atoms with Crippen molar-refractivity contribution in [1.29, 1.82) is 5.26 Å². The number of aromatic nitrogens is 3. The number of hydrogen-bond acceptors (Lipinski definition) is 4. The maximum Gasteiger partial charge on any atom is 0.164 e. The van der Waals surface area contributed by atoms with Crippen molar-refractivity contribution in [2.45, 2.75) is 5.41 Å². The van der Waals surface area contributed by atoms with Gasteiger partial charge in [0.2, 0.25) is 0 Å². The largest absolute Gasteiger partial charge is 0.208 e. The summed E-state index contributed by atoms with van der Waals surface area (Å²) in [5, 5.41) is 12.5. The van der Waals surface area contributed by atoms with Crippen LogP contribution in [0.25, 0.3) is 67.2 Å². The van der Waals surface area contributed by atoms with E-state index in [-0.39, 0.29) is 0 Å². The minimum absolute atomic E-state index is 0.614. The van der Waals surface area contributed by atoms with Crippen molar-refractivity contribution in [2.75, 3.05) is 0 Å². The highest BCUT2D eigenvalue weighted by Gasteiger charge is 2.47. The Morgan fingerprint density at radius 3 is 1.40 bits per heavy atom. The predicted molar refractivity (Wildman–Crippen MR) is 221 cm³/mol. The third-order valence-electron chi connectivity index (χ3n) is 10.9. The molecule has 9 aromatic rings. The highest BCUT2D eigenvalue weighted by atomic mass is 15.0. The zero-order chi connectivity index (χ0) is 36.8. The lowest BCUT2D eigenvalue weighted by molar-refractivity contribution is 0.769. The van der Waals surface area contributed by atoms with Crippen LogP contribution in [-0.4, -0.2) is 15.0 Å². The van der Waals surface area contributed by atoms with E-state index >= 15 is 0 Å². The van der Waals surface area contributed by atoms with Gasteiger partial charge in [-0.25, -0.2) is 15.0 Å². The first-order valence-electron chi connectivity index (χ1n) is 18.4. The Bertz CT molecular complexity index is 2840. The third-order valence-corrected chi connectivity index (χ3v) is 10.9. The first-order valence-corrected chi connectivity index (χ1v) is 18.4. The van der Waals surface area contributed by atoms with E-state index in [2.05, 4.69) is 133 Å². The van der Waals surface area contributed by atoms with E-state index in [1.807, 2.05) is 66.7 Å². The van der Waals surface area contributed by atoms with Crippen LogP contribution in [0.5, 0.6) is 0 Å². The quantitative estimate of drug-likeness (QED) is 0.173. The lowest BCUT2D eigenvalue weighted by Crippen LogP contribution is -2.28. The van der Waals surface area contributed by atoms with Gasteiger partial charge in [-0.1, -0.05) is 188 Å². The van der Waals surface area contributed by atoms with Gasteiger partial charge in [-0.15, -0.1) is 0 Å². The molecule has 4 heteroatoms. The third kappa shape index (κ3) is 5.25. The molecule has 10 rings (SSSR count). The standard InChI is InChI=1S/C51H32N4/c52-33-39-32-46-47(43-21-11-10-20-42(39)43)44-22-12-13-23-45(44)51(46,40-18-8-3-9-19-40)41-30-28-35(29-31-41)34-24-26-38(27-25-34)50-54-48(36-14-4-1-5-15-36)53-49(55-50)37-16-6-2-7-17-37/h1-32H. The topological polar surface area (TPSA) is 62.5 Å². The van der Waals surface area contributed by atoms with Crippen molar-refractivity contribution < 1.29 is 0 Å². The molecule has 55 heavy (non-hydrogen) atoms. The molecule has 1 aliphatic rings. The van der Waals surface area contributed by atoms with Crippen molar-refractivity contribution >= 4 is 10.8 Å². The van der Waals surface area contributed by atoms with Gasteiger partial charge in [0.25, 0.3) is 0 Å². The van der Waals surface area contributed by atoms with E-state index in [4.69, 9.17) is 15.0 Å². The van der Waals surface area contributed by atoms with Gasteiger partial charge in [0.1, 0.15) is 0 Å². The summed E-state index contributed by atoms with van der Waals surface area (Å²) in [4.78, 5) is 14.7. The predicted octanol–water partition coefficient (Wildman–Crippen LogP) is 11.9. The van der Waals surface area contributed by atoms with Crippen molar-refractivity contribution in [1.82, 2.24) is 15.0 Å². The van der Waals surface area contributed by atoms with Gasteiger partial charge < -0.3 is 0 Å². The van der Waals surface area contributed by atoms with Gasteiger partial charge >= 0.3 is 0 Å². The van der Waals surface area contributed by atoms with E-state index in [0.717, 1.165) is 49.7 Å². The second kappa shape index (κ2) is 13.2. The Morgan fingerprint density at radius 2 is 0.818 bits per heavy atom. The van der Waals surface area contributed by atoms with Crippen LogP contribution in [0.4, 0.5) is 0 Å². The summed E-state index contributed by atoms with van der Waals surface area (Å²) >= 11 is 0. The molecule has 4 nitrogen and oxygen atoms in total. The molecule has 0 aliphatic heterocycles. The van der Waals surface area contributed by atoms with Crippen LogP contribution >= 0.6 is 0 Å². The number of nitrogens with zero attached hydrogens (tertiary/aromatic N) is 4. The second-order valence-corrected chi connectivity index (χ2v) is 13.9. The first kappa shape index (κ1) is 32.2. The Morgan fingerprint density at radius 1 is 0.382 bits per heavy atom. The summed E-state index contributed by atoms with van der Waals surface area (Å²) < 4.78 is 0. The van der Waals surface area contributed by atoms with Gasteiger partial charge in [-0.2, -0.15) is 5.26 Å². The van der Waals surface area contributed by atoms with E-state index in [9.17, 15) is 5.26 Å². The molecule has 1 atom stereocenters. The molecule has 0 amide bonds. The minimum atomic E-state index is -0.614. The van der Waals surface area contributed by atoms with E-state index in [1.165, 1.54) is 22.3 Å². The minimum Gasteiger partial charge on any atom is -0.208 e. The SMILES string of the molecule is N#Cc1cc2c(c3ccccc13)-c1ccccc1C2(c1ccccc1)c1ccc(-c2ccc(-c3nc(-c4ccccc4)nc(-c4ccccc4)n3)cc2)cc1.